The lowest BCUT2D eigenvalue weighted by Gasteiger charge is -2.50. The van der Waals surface area contributed by atoms with Gasteiger partial charge >= 0.3 is 0 Å². The van der Waals surface area contributed by atoms with Crippen molar-refractivity contribution in [1.82, 2.24) is 20.2 Å². The number of ether oxygens (including phenoxy) is 1. The highest BCUT2D eigenvalue weighted by Gasteiger charge is 2.56. The van der Waals surface area contributed by atoms with Crippen molar-refractivity contribution < 1.29 is 9.53 Å². The molecule has 1 amide bonds. The molecule has 1 aromatic carbocycles. The van der Waals surface area contributed by atoms with Gasteiger partial charge in [0.25, 0.3) is 0 Å². The third-order valence-electron chi connectivity index (χ3n) is 9.23. The molecule has 0 spiro atoms. The maximum Gasteiger partial charge on any atom is 0.241 e. The van der Waals surface area contributed by atoms with Gasteiger partial charge in [-0.05, 0) is 68.2 Å². The molecule has 0 saturated carbocycles. The number of methoxy groups -OCH3 is 1. The molecule has 0 radical (unpaired) electrons. The van der Waals surface area contributed by atoms with Crippen molar-refractivity contribution in [3.8, 4) is 5.75 Å². The van der Waals surface area contributed by atoms with Crippen molar-refractivity contribution in [2.45, 2.75) is 75.2 Å². The topological polar surface area (TPSA) is 48.0 Å². The van der Waals surface area contributed by atoms with Crippen LogP contribution in [0, 0.1) is 5.92 Å². The van der Waals surface area contributed by atoms with Crippen LogP contribution >= 0.6 is 0 Å². The van der Waals surface area contributed by atoms with E-state index in [-0.39, 0.29) is 17.9 Å². The van der Waals surface area contributed by atoms with Crippen LogP contribution in [0.4, 0.5) is 0 Å². The highest BCUT2D eigenvalue weighted by atomic mass is 16.5. The van der Waals surface area contributed by atoms with Crippen molar-refractivity contribution in [2.75, 3.05) is 26.7 Å². The van der Waals surface area contributed by atoms with Crippen molar-refractivity contribution >= 4 is 5.91 Å². The van der Waals surface area contributed by atoms with Gasteiger partial charge in [-0.25, -0.2) is 5.01 Å². The molecule has 192 valence electrons. The first kappa shape index (κ1) is 24.0. The number of rotatable bonds is 8. The summed E-state index contributed by atoms with van der Waals surface area (Å²) in [6.07, 6.45) is 17.0. The summed E-state index contributed by atoms with van der Waals surface area (Å²) >= 11 is 0. The first-order chi connectivity index (χ1) is 17.7. The van der Waals surface area contributed by atoms with Crippen LogP contribution in [0.2, 0.25) is 0 Å². The van der Waals surface area contributed by atoms with E-state index in [9.17, 15) is 4.79 Å². The average Bonchev–Trinajstić information content (AvgIpc) is 3.61. The second kappa shape index (κ2) is 10.2. The van der Waals surface area contributed by atoms with Gasteiger partial charge in [0.05, 0.1) is 19.1 Å². The maximum absolute atomic E-state index is 12.9. The molecule has 4 saturated heterocycles. The molecule has 6 unspecified atom stereocenters. The summed E-state index contributed by atoms with van der Waals surface area (Å²) in [7, 11) is 1.75. The number of amides is 1. The molecule has 4 heterocycles. The Morgan fingerprint density at radius 3 is 2.50 bits per heavy atom. The number of nitrogens with one attached hydrogen (secondary N) is 1. The summed E-state index contributed by atoms with van der Waals surface area (Å²) in [5.74, 6) is 0.927. The van der Waals surface area contributed by atoms with Crippen molar-refractivity contribution in [1.29, 1.82) is 0 Å². The van der Waals surface area contributed by atoms with Gasteiger partial charge in [0.1, 0.15) is 5.75 Å². The van der Waals surface area contributed by atoms with Gasteiger partial charge in [-0.1, -0.05) is 36.4 Å². The first-order valence-electron chi connectivity index (χ1n) is 13.9. The Kier molecular flexibility index (Phi) is 6.76. The van der Waals surface area contributed by atoms with Gasteiger partial charge in [-0.3, -0.25) is 20.0 Å². The lowest BCUT2D eigenvalue weighted by atomic mass is 9.86. The number of hydrogen-bond donors (Lipinski definition) is 1. The van der Waals surface area contributed by atoms with Crippen LogP contribution in [-0.2, 0) is 4.79 Å². The van der Waals surface area contributed by atoms with Gasteiger partial charge in [0, 0.05) is 43.8 Å². The Balaban J connectivity index is 1.28. The van der Waals surface area contributed by atoms with E-state index in [1.54, 1.807) is 7.11 Å². The monoisotopic (exact) mass is 488 g/mol. The van der Waals surface area contributed by atoms with Crippen LogP contribution in [0.25, 0.3) is 0 Å². The number of hydrogen-bond acceptors (Lipinski definition) is 5. The van der Waals surface area contributed by atoms with E-state index in [0.29, 0.717) is 24.2 Å². The van der Waals surface area contributed by atoms with Crippen LogP contribution in [0.1, 0.15) is 56.6 Å². The number of piperazine rings is 1. The highest BCUT2D eigenvalue weighted by Crippen LogP contribution is 2.51. The normalized spacial score (nSPS) is 32.9. The summed E-state index contributed by atoms with van der Waals surface area (Å²) in [5.41, 5.74) is 5.75. The Hall–Kier alpha value is -2.41. The molecular formula is C30H40N4O2. The first-order valence-corrected chi connectivity index (χ1v) is 13.9. The minimum atomic E-state index is -0.0994. The minimum absolute atomic E-state index is 0.0994. The number of benzene rings is 1. The third-order valence-corrected chi connectivity index (χ3v) is 9.23. The molecule has 6 rings (SSSR count). The van der Waals surface area contributed by atoms with Crippen LogP contribution in [0.3, 0.4) is 0 Å². The fourth-order valence-corrected chi connectivity index (χ4v) is 7.67. The standard InChI is InChI=1S/C30H40N4O2/c1-3-17-33-25-13-14-26(33)28-16-15-27(25)34(28)29(23-7-6-8-24(20-23)36-2)21-9-11-22(12-10-21)30(35)31-32-18-4-5-19-32/h3,6-11,20,22,25-29H,1,4-5,12-19H2,2H3,(H,31,35). The molecule has 6 atom stereocenters. The zero-order valence-electron chi connectivity index (χ0n) is 21.5. The largest absolute Gasteiger partial charge is 0.497 e. The zero-order valence-corrected chi connectivity index (χ0v) is 21.5. The molecule has 1 N–H and O–H groups in total. The molecule has 4 bridgehead atoms. The average molecular weight is 489 g/mol. The van der Waals surface area contributed by atoms with Crippen LogP contribution in [-0.4, -0.2) is 71.6 Å². The van der Waals surface area contributed by atoms with Crippen molar-refractivity contribution in [3.63, 3.8) is 0 Å². The molecule has 1 aliphatic carbocycles. The second-order valence-corrected chi connectivity index (χ2v) is 11.1. The number of hydrazine groups is 1. The number of allylic oxidation sites excluding steroid dienone is 1. The summed E-state index contributed by atoms with van der Waals surface area (Å²) in [6, 6.07) is 11.1. The summed E-state index contributed by atoms with van der Waals surface area (Å²) < 4.78 is 5.63. The molecule has 0 aromatic heterocycles. The maximum atomic E-state index is 12.9. The lowest BCUT2D eigenvalue weighted by Crippen LogP contribution is -2.61. The lowest BCUT2D eigenvalue weighted by molar-refractivity contribution is -0.128. The van der Waals surface area contributed by atoms with E-state index in [2.05, 4.69) is 69.3 Å². The molecular weight excluding hydrogens is 448 g/mol. The van der Waals surface area contributed by atoms with E-state index in [0.717, 1.165) is 44.6 Å². The van der Waals surface area contributed by atoms with Crippen molar-refractivity contribution in [3.05, 3.63) is 66.3 Å². The van der Waals surface area contributed by atoms with Crippen molar-refractivity contribution in [2.24, 2.45) is 5.92 Å². The van der Waals surface area contributed by atoms with Gasteiger partial charge in [0.2, 0.25) is 5.91 Å². The van der Waals surface area contributed by atoms with Crippen LogP contribution < -0.4 is 10.2 Å². The summed E-state index contributed by atoms with van der Waals surface area (Å²) in [5, 5.41) is 2.07. The van der Waals surface area contributed by atoms with Crippen LogP contribution in [0.5, 0.6) is 5.75 Å². The Morgan fingerprint density at radius 1 is 1.14 bits per heavy atom. The number of nitrogens with zero attached hydrogens (tertiary/aromatic N) is 3. The Morgan fingerprint density at radius 2 is 1.86 bits per heavy atom. The molecule has 4 aliphatic heterocycles. The molecule has 6 heteroatoms. The molecule has 1 aromatic rings. The zero-order chi connectivity index (χ0) is 24.6. The highest BCUT2D eigenvalue weighted by molar-refractivity contribution is 5.80. The number of carbonyl (C=O) groups excluding carboxylic acids is 1. The van der Waals surface area contributed by atoms with Gasteiger partial charge in [-0.15, -0.1) is 6.58 Å². The molecule has 6 nitrogen and oxygen atoms in total. The van der Waals surface area contributed by atoms with Crippen LogP contribution in [0.15, 0.2) is 60.7 Å². The second-order valence-electron chi connectivity index (χ2n) is 11.1. The van der Waals surface area contributed by atoms with E-state index in [1.165, 1.54) is 36.8 Å². The third kappa shape index (κ3) is 4.23. The van der Waals surface area contributed by atoms with Gasteiger partial charge in [0.15, 0.2) is 0 Å². The molecule has 5 aliphatic rings. The van der Waals surface area contributed by atoms with E-state index in [4.69, 9.17) is 4.74 Å². The Bertz CT molecular complexity index is 1030. The van der Waals surface area contributed by atoms with E-state index in [1.807, 2.05) is 6.07 Å². The molecule has 36 heavy (non-hydrogen) atoms. The Labute approximate surface area is 215 Å². The smallest absolute Gasteiger partial charge is 0.241 e. The van der Waals surface area contributed by atoms with E-state index < -0.39 is 0 Å². The fourth-order valence-electron chi connectivity index (χ4n) is 7.67. The summed E-state index contributed by atoms with van der Waals surface area (Å²) in [6.45, 7) is 6.97. The predicted octanol–water partition coefficient (Wildman–Crippen LogP) is 4.23. The predicted molar refractivity (Wildman–Crippen MR) is 142 cm³/mol. The quantitative estimate of drug-likeness (QED) is 0.555. The van der Waals surface area contributed by atoms with Gasteiger partial charge in [-0.2, -0.15) is 0 Å². The SMILES string of the molecule is C=CCN1C2CCC1C1CCC2N1C(C1=CCC(C(=O)NN2CCCC2)C=C1)c1cccc(OC)c1. The number of carbonyl (C=O) groups is 1. The van der Waals surface area contributed by atoms with E-state index >= 15 is 0 Å². The summed E-state index contributed by atoms with van der Waals surface area (Å²) in [4.78, 5) is 18.5. The minimum Gasteiger partial charge on any atom is -0.497 e. The fraction of sp³-hybridized carbons (Fsp3) is 0.567. The molecule has 4 fully saturated rings. The number of fused-ring (bicyclic) bond motifs is 6. The van der Waals surface area contributed by atoms with Gasteiger partial charge < -0.3 is 4.74 Å².